The zero-order valence-electron chi connectivity index (χ0n) is 11.7. The summed E-state index contributed by atoms with van der Waals surface area (Å²) in [6, 6.07) is 4.04. The second kappa shape index (κ2) is 4.86. The second-order valence-electron chi connectivity index (χ2n) is 4.52. The molecule has 17 heavy (non-hydrogen) atoms. The molecule has 0 aliphatic carbocycles. The van der Waals surface area contributed by atoms with E-state index in [1.165, 1.54) is 0 Å². The summed E-state index contributed by atoms with van der Waals surface area (Å²) in [6.45, 7) is 9.96. The molecule has 1 amide bonds. The molecule has 0 unspecified atom stereocenters. The first kappa shape index (κ1) is 13.7. The van der Waals surface area contributed by atoms with E-state index in [2.05, 4.69) is 11.9 Å². The third-order valence-electron chi connectivity index (χ3n) is 3.13. The van der Waals surface area contributed by atoms with Crippen LogP contribution in [0.1, 0.15) is 45.9 Å². The van der Waals surface area contributed by atoms with Crippen LogP contribution in [0.25, 0.3) is 0 Å². The summed E-state index contributed by atoms with van der Waals surface area (Å²) >= 11 is 0. The monoisotopic (exact) mass is 234 g/mol. The van der Waals surface area contributed by atoms with Crippen LogP contribution in [-0.4, -0.2) is 17.9 Å². The van der Waals surface area contributed by atoms with E-state index >= 15 is 0 Å². The van der Waals surface area contributed by atoms with Crippen molar-refractivity contribution in [1.82, 2.24) is 4.98 Å². The molecule has 1 aromatic rings. The van der Waals surface area contributed by atoms with Gasteiger partial charge in [0.2, 0.25) is 5.91 Å². The number of carbonyl (C=O) groups excluding carboxylic acids is 1. The molecule has 1 aliphatic rings. The Morgan fingerprint density at radius 2 is 1.88 bits per heavy atom. The van der Waals surface area contributed by atoms with Crippen LogP contribution in [0.2, 0.25) is 0 Å². The van der Waals surface area contributed by atoms with Crippen molar-refractivity contribution >= 4 is 11.7 Å². The number of nitrogens with zero attached hydrogens (tertiary/aromatic N) is 2. The first-order chi connectivity index (χ1) is 7.98. The van der Waals surface area contributed by atoms with Gasteiger partial charge >= 0.3 is 0 Å². The molecule has 1 aromatic heterocycles. The Labute approximate surface area is 104 Å². The molecule has 2 heterocycles. The Balaban J connectivity index is 0.000000686. The van der Waals surface area contributed by atoms with Gasteiger partial charge in [-0.3, -0.25) is 9.69 Å². The SMILES string of the molecule is CC.CCc1ccc2c(n1)N(C)C(=O)C2(C)C. The predicted molar refractivity (Wildman–Crippen MR) is 71.4 cm³/mol. The molecule has 0 N–H and O–H groups in total. The molecule has 0 fully saturated rings. The Hall–Kier alpha value is -1.38. The molecule has 3 heteroatoms. The minimum absolute atomic E-state index is 0.123. The quantitative estimate of drug-likeness (QED) is 0.748. The van der Waals surface area contributed by atoms with E-state index < -0.39 is 5.41 Å². The highest BCUT2D eigenvalue weighted by Crippen LogP contribution is 2.39. The summed E-state index contributed by atoms with van der Waals surface area (Å²) in [5.41, 5.74) is 1.64. The number of aromatic nitrogens is 1. The summed E-state index contributed by atoms with van der Waals surface area (Å²) in [6.07, 6.45) is 0.899. The minimum atomic E-state index is -0.427. The standard InChI is InChI=1S/C12H16N2O.C2H6/c1-5-8-6-7-9-10(13-8)14(4)11(15)12(9,2)3;1-2/h6-7H,5H2,1-4H3;1-2H3. The zero-order chi connectivity index (χ0) is 13.2. The first-order valence-corrected chi connectivity index (χ1v) is 6.27. The third kappa shape index (κ3) is 2.06. The lowest BCUT2D eigenvalue weighted by Gasteiger charge is -2.15. The van der Waals surface area contributed by atoms with E-state index in [1.54, 1.807) is 11.9 Å². The summed E-state index contributed by atoms with van der Waals surface area (Å²) in [5, 5.41) is 0. The molecule has 0 bridgehead atoms. The molecule has 3 nitrogen and oxygen atoms in total. The number of hydrogen-bond acceptors (Lipinski definition) is 2. The van der Waals surface area contributed by atoms with Gasteiger partial charge in [-0.15, -0.1) is 0 Å². The van der Waals surface area contributed by atoms with Gasteiger partial charge < -0.3 is 0 Å². The Kier molecular flexibility index (Phi) is 3.91. The average molecular weight is 234 g/mol. The van der Waals surface area contributed by atoms with Gasteiger partial charge in [0, 0.05) is 18.3 Å². The van der Waals surface area contributed by atoms with Crippen LogP contribution in [-0.2, 0) is 16.6 Å². The molecular weight excluding hydrogens is 212 g/mol. The third-order valence-corrected chi connectivity index (χ3v) is 3.13. The van der Waals surface area contributed by atoms with Crippen molar-refractivity contribution in [3.8, 4) is 0 Å². The Bertz CT molecular complexity index is 424. The van der Waals surface area contributed by atoms with Gasteiger partial charge in [0.1, 0.15) is 5.82 Å². The topological polar surface area (TPSA) is 33.2 Å². The summed E-state index contributed by atoms with van der Waals surface area (Å²) < 4.78 is 0. The van der Waals surface area contributed by atoms with Crippen molar-refractivity contribution in [2.75, 3.05) is 11.9 Å². The number of pyridine rings is 1. The zero-order valence-corrected chi connectivity index (χ0v) is 11.7. The summed E-state index contributed by atoms with van der Waals surface area (Å²) in [4.78, 5) is 18.1. The van der Waals surface area contributed by atoms with E-state index in [-0.39, 0.29) is 5.91 Å². The lowest BCUT2D eigenvalue weighted by Crippen LogP contribution is -2.33. The highest BCUT2D eigenvalue weighted by atomic mass is 16.2. The van der Waals surface area contributed by atoms with Gasteiger partial charge in [0.15, 0.2) is 0 Å². The molecular formula is C14H22N2O. The van der Waals surface area contributed by atoms with Crippen molar-refractivity contribution in [2.45, 2.75) is 46.5 Å². The highest BCUT2D eigenvalue weighted by Gasteiger charge is 2.43. The molecule has 0 spiro atoms. The Morgan fingerprint density at radius 1 is 1.29 bits per heavy atom. The van der Waals surface area contributed by atoms with Gasteiger partial charge in [-0.1, -0.05) is 26.8 Å². The molecule has 94 valence electrons. The van der Waals surface area contributed by atoms with Crippen LogP contribution in [0, 0.1) is 0 Å². The molecule has 1 aliphatic heterocycles. The number of fused-ring (bicyclic) bond motifs is 1. The van der Waals surface area contributed by atoms with Gasteiger partial charge in [0.05, 0.1) is 5.41 Å². The number of rotatable bonds is 1. The van der Waals surface area contributed by atoms with E-state index in [4.69, 9.17) is 0 Å². The van der Waals surface area contributed by atoms with Crippen molar-refractivity contribution in [3.05, 3.63) is 23.4 Å². The van der Waals surface area contributed by atoms with E-state index in [0.29, 0.717) is 0 Å². The lowest BCUT2D eigenvalue weighted by atomic mass is 9.87. The number of likely N-dealkylation sites (N-methyl/N-ethyl adjacent to an activating group) is 1. The molecule has 0 atom stereocenters. The van der Waals surface area contributed by atoms with Crippen molar-refractivity contribution in [2.24, 2.45) is 0 Å². The normalized spacial score (nSPS) is 16.4. The number of hydrogen-bond donors (Lipinski definition) is 0. The maximum absolute atomic E-state index is 12.0. The fourth-order valence-electron chi connectivity index (χ4n) is 2.06. The maximum atomic E-state index is 12.0. The first-order valence-electron chi connectivity index (χ1n) is 6.27. The number of anilines is 1. The largest absolute Gasteiger partial charge is 0.299 e. The maximum Gasteiger partial charge on any atom is 0.238 e. The van der Waals surface area contributed by atoms with Crippen LogP contribution >= 0.6 is 0 Å². The average Bonchev–Trinajstić information content (AvgIpc) is 2.53. The summed E-state index contributed by atoms with van der Waals surface area (Å²) in [7, 11) is 1.79. The molecule has 0 saturated heterocycles. The molecule has 0 aromatic carbocycles. The second-order valence-corrected chi connectivity index (χ2v) is 4.52. The fourth-order valence-corrected chi connectivity index (χ4v) is 2.06. The van der Waals surface area contributed by atoms with Gasteiger partial charge in [0.25, 0.3) is 0 Å². The van der Waals surface area contributed by atoms with Crippen LogP contribution in [0.4, 0.5) is 5.82 Å². The van der Waals surface area contributed by atoms with Crippen LogP contribution < -0.4 is 4.90 Å². The van der Waals surface area contributed by atoms with E-state index in [0.717, 1.165) is 23.5 Å². The molecule has 0 saturated carbocycles. The van der Waals surface area contributed by atoms with Gasteiger partial charge in [-0.2, -0.15) is 0 Å². The fraction of sp³-hybridized carbons (Fsp3) is 0.571. The van der Waals surface area contributed by atoms with Crippen LogP contribution in [0.15, 0.2) is 12.1 Å². The molecule has 0 radical (unpaired) electrons. The Morgan fingerprint density at radius 3 is 2.41 bits per heavy atom. The van der Waals surface area contributed by atoms with Gasteiger partial charge in [-0.05, 0) is 26.3 Å². The number of carbonyl (C=O) groups is 1. The van der Waals surface area contributed by atoms with Crippen molar-refractivity contribution in [1.29, 1.82) is 0 Å². The highest BCUT2D eigenvalue weighted by molar-refractivity contribution is 6.06. The van der Waals surface area contributed by atoms with E-state index in [1.807, 2.05) is 39.8 Å². The smallest absolute Gasteiger partial charge is 0.238 e. The van der Waals surface area contributed by atoms with E-state index in [9.17, 15) is 4.79 Å². The van der Waals surface area contributed by atoms with Gasteiger partial charge in [-0.25, -0.2) is 4.98 Å². The number of amides is 1. The summed E-state index contributed by atoms with van der Waals surface area (Å²) in [5.74, 6) is 0.947. The van der Waals surface area contributed by atoms with Crippen LogP contribution in [0.5, 0.6) is 0 Å². The number of aryl methyl sites for hydroxylation is 1. The molecule has 2 rings (SSSR count). The minimum Gasteiger partial charge on any atom is -0.299 e. The predicted octanol–water partition coefficient (Wildman–Crippen LogP) is 2.92. The van der Waals surface area contributed by atoms with Crippen molar-refractivity contribution < 1.29 is 4.79 Å². The van der Waals surface area contributed by atoms with Crippen LogP contribution in [0.3, 0.4) is 0 Å². The lowest BCUT2D eigenvalue weighted by molar-refractivity contribution is -0.121. The van der Waals surface area contributed by atoms with Crippen molar-refractivity contribution in [3.63, 3.8) is 0 Å².